The molecule has 2 fully saturated rings. The van der Waals surface area contributed by atoms with Gasteiger partial charge in [0.25, 0.3) is 11.7 Å². The van der Waals surface area contributed by atoms with E-state index in [1.807, 2.05) is 0 Å². The number of aliphatic hydroxyl groups excluding tert-OH is 2. The number of halogens is 2. The van der Waals surface area contributed by atoms with Gasteiger partial charge in [-0.2, -0.15) is 0 Å². The number of carbonyl (C=O) groups is 2. The van der Waals surface area contributed by atoms with Crippen LogP contribution >= 0.6 is 11.6 Å². The first-order valence-electron chi connectivity index (χ1n) is 7.54. The van der Waals surface area contributed by atoms with Crippen LogP contribution in [0.25, 0.3) is 0 Å². The summed E-state index contributed by atoms with van der Waals surface area (Å²) in [6, 6.07) is 3.23. The molecule has 0 unspecified atom stereocenters. The molecule has 2 atom stereocenters. The van der Waals surface area contributed by atoms with Crippen LogP contribution in [-0.4, -0.2) is 51.1 Å². The minimum Gasteiger partial charge on any atom is -0.388 e. The number of aliphatic hydroxyl groups is 2. The van der Waals surface area contributed by atoms with E-state index in [4.69, 9.17) is 11.6 Å². The van der Waals surface area contributed by atoms with Crippen LogP contribution in [0.2, 0.25) is 5.02 Å². The summed E-state index contributed by atoms with van der Waals surface area (Å²) in [6.07, 6.45) is 0.544. The van der Waals surface area contributed by atoms with Crippen molar-refractivity contribution in [2.75, 3.05) is 6.54 Å². The molecule has 0 aromatic heterocycles. The van der Waals surface area contributed by atoms with Crippen molar-refractivity contribution in [1.29, 1.82) is 0 Å². The number of rotatable bonds is 2. The van der Waals surface area contributed by atoms with Crippen LogP contribution in [0.5, 0.6) is 0 Å². The second-order valence-corrected chi connectivity index (χ2v) is 6.66. The van der Waals surface area contributed by atoms with E-state index in [9.17, 15) is 24.2 Å². The number of nitrogens with zero attached hydrogens (tertiary/aromatic N) is 1. The fourth-order valence-electron chi connectivity index (χ4n) is 3.76. The Balaban J connectivity index is 1.91. The van der Waals surface area contributed by atoms with Gasteiger partial charge in [0, 0.05) is 10.6 Å². The normalized spacial score (nSPS) is 26.0. The maximum atomic E-state index is 13.4. The van der Waals surface area contributed by atoms with Crippen molar-refractivity contribution in [3.8, 4) is 0 Å². The molecule has 2 aliphatic rings. The first kappa shape index (κ1) is 16.4. The van der Waals surface area contributed by atoms with Gasteiger partial charge >= 0.3 is 0 Å². The third-order valence-corrected chi connectivity index (χ3v) is 5.07. The molecule has 1 spiro atoms. The van der Waals surface area contributed by atoms with Crippen LogP contribution in [0, 0.1) is 5.82 Å². The molecule has 1 aromatic carbocycles. The number of hydrogen-bond acceptors (Lipinski definition) is 4. The van der Waals surface area contributed by atoms with Crippen LogP contribution in [0.1, 0.15) is 36.0 Å². The molecule has 3 rings (SSSR count). The van der Waals surface area contributed by atoms with Crippen molar-refractivity contribution in [2.24, 2.45) is 0 Å². The lowest BCUT2D eigenvalue weighted by atomic mass is 9.90. The molecule has 124 valence electrons. The predicted octanol–water partition coefficient (Wildman–Crippen LogP) is 1.54. The monoisotopic (exact) mass is 341 g/mol. The second kappa shape index (κ2) is 5.85. The highest BCUT2D eigenvalue weighted by molar-refractivity contribution is 6.43. The van der Waals surface area contributed by atoms with Gasteiger partial charge in [-0.05, 0) is 31.0 Å². The molecule has 1 heterocycles. The van der Waals surface area contributed by atoms with E-state index in [0.29, 0.717) is 12.8 Å². The van der Waals surface area contributed by atoms with Gasteiger partial charge in [0.2, 0.25) is 0 Å². The molecule has 1 amide bonds. The summed E-state index contributed by atoms with van der Waals surface area (Å²) in [5.41, 5.74) is -1.03. The SMILES string of the molecule is O=C(C(=O)N1C[C@@H](O)[C@@H](O)C12CCCC2)c1cc(F)cc(Cl)c1. The van der Waals surface area contributed by atoms with Gasteiger partial charge in [0.15, 0.2) is 0 Å². The number of hydrogen-bond donors (Lipinski definition) is 2. The lowest BCUT2D eigenvalue weighted by Gasteiger charge is -2.36. The molecule has 1 saturated carbocycles. The number of Topliss-reactive ketones (excluding diaryl/α,β-unsaturated/α-hetero) is 1. The maximum absolute atomic E-state index is 13.4. The van der Waals surface area contributed by atoms with Gasteiger partial charge in [-0.25, -0.2) is 4.39 Å². The highest BCUT2D eigenvalue weighted by Crippen LogP contribution is 2.43. The zero-order valence-corrected chi connectivity index (χ0v) is 13.1. The fourth-order valence-corrected chi connectivity index (χ4v) is 3.98. The Morgan fingerprint density at radius 1 is 1.22 bits per heavy atom. The van der Waals surface area contributed by atoms with Crippen molar-refractivity contribution in [2.45, 2.75) is 43.4 Å². The second-order valence-electron chi connectivity index (χ2n) is 6.23. The van der Waals surface area contributed by atoms with Gasteiger partial charge in [-0.15, -0.1) is 0 Å². The topological polar surface area (TPSA) is 77.8 Å². The van der Waals surface area contributed by atoms with Crippen LogP contribution in [0.4, 0.5) is 4.39 Å². The first-order valence-corrected chi connectivity index (χ1v) is 7.91. The third-order valence-electron chi connectivity index (χ3n) is 4.86. The average molecular weight is 342 g/mol. The van der Waals surface area contributed by atoms with E-state index in [2.05, 4.69) is 0 Å². The molecule has 0 radical (unpaired) electrons. The Kier molecular flexibility index (Phi) is 4.16. The van der Waals surface area contributed by atoms with Crippen LogP contribution in [-0.2, 0) is 4.79 Å². The van der Waals surface area contributed by atoms with Crippen molar-refractivity contribution in [1.82, 2.24) is 4.90 Å². The van der Waals surface area contributed by atoms with Gasteiger partial charge < -0.3 is 15.1 Å². The van der Waals surface area contributed by atoms with Crippen molar-refractivity contribution >= 4 is 23.3 Å². The summed E-state index contributed by atoms with van der Waals surface area (Å²) in [6.45, 7) is -0.102. The smallest absolute Gasteiger partial charge is 0.295 e. The summed E-state index contributed by atoms with van der Waals surface area (Å²) in [5, 5.41) is 20.2. The Bertz CT molecular complexity index is 639. The molecule has 0 bridgehead atoms. The Labute approximate surface area is 137 Å². The number of amides is 1. The number of ketones is 1. The minimum absolute atomic E-state index is 0.0261. The van der Waals surface area contributed by atoms with Crippen molar-refractivity contribution in [3.05, 3.63) is 34.6 Å². The highest BCUT2D eigenvalue weighted by atomic mass is 35.5. The molecule has 23 heavy (non-hydrogen) atoms. The molecule has 1 aromatic rings. The Hall–Kier alpha value is -1.50. The third kappa shape index (κ3) is 2.65. The molecule has 1 aliphatic carbocycles. The van der Waals surface area contributed by atoms with Crippen molar-refractivity contribution in [3.63, 3.8) is 0 Å². The van der Waals surface area contributed by atoms with E-state index >= 15 is 0 Å². The van der Waals surface area contributed by atoms with Crippen LogP contribution in [0.3, 0.4) is 0 Å². The Morgan fingerprint density at radius 3 is 2.48 bits per heavy atom. The van der Waals surface area contributed by atoms with E-state index in [0.717, 1.165) is 25.0 Å². The van der Waals surface area contributed by atoms with Gasteiger partial charge in [0.05, 0.1) is 18.2 Å². The summed E-state index contributed by atoms with van der Waals surface area (Å²) < 4.78 is 13.4. The van der Waals surface area contributed by atoms with E-state index < -0.39 is 35.3 Å². The van der Waals surface area contributed by atoms with Crippen LogP contribution < -0.4 is 0 Å². The standard InChI is InChI=1S/C16H17ClFNO4/c17-10-5-9(6-11(18)7-10)13(21)15(23)19-8-12(20)14(22)16(19)3-1-2-4-16/h5-7,12,14,20,22H,1-4,8H2/t12-,14-/m1/s1. The van der Waals surface area contributed by atoms with Crippen LogP contribution in [0.15, 0.2) is 18.2 Å². The lowest BCUT2D eigenvalue weighted by Crippen LogP contribution is -2.53. The average Bonchev–Trinajstić information content (AvgIpc) is 3.07. The maximum Gasteiger partial charge on any atom is 0.295 e. The summed E-state index contributed by atoms with van der Waals surface area (Å²) >= 11 is 5.73. The first-order chi connectivity index (χ1) is 10.8. The molecule has 5 nitrogen and oxygen atoms in total. The van der Waals surface area contributed by atoms with Gasteiger partial charge in [-0.1, -0.05) is 24.4 Å². The fraction of sp³-hybridized carbons (Fsp3) is 0.500. The van der Waals surface area contributed by atoms with Gasteiger partial charge in [-0.3, -0.25) is 9.59 Å². The number of benzene rings is 1. The zero-order chi connectivity index (χ0) is 16.8. The van der Waals surface area contributed by atoms with E-state index in [1.165, 1.54) is 11.0 Å². The Morgan fingerprint density at radius 2 is 1.87 bits per heavy atom. The number of β-amino-alcohol motifs (C(OH)–C–C–N with tert-alkyl or cyclic N) is 1. The molecular weight excluding hydrogens is 325 g/mol. The summed E-state index contributed by atoms with van der Waals surface area (Å²) in [5.74, 6) is -2.44. The lowest BCUT2D eigenvalue weighted by molar-refractivity contribution is -0.132. The number of likely N-dealkylation sites (tertiary alicyclic amines) is 1. The molecular formula is C16H17ClFNO4. The molecule has 1 aliphatic heterocycles. The molecule has 7 heteroatoms. The minimum atomic E-state index is -1.08. The quantitative estimate of drug-likeness (QED) is 0.632. The molecule has 1 saturated heterocycles. The summed E-state index contributed by atoms with van der Waals surface area (Å²) in [7, 11) is 0. The highest BCUT2D eigenvalue weighted by Gasteiger charge is 2.56. The molecule has 2 N–H and O–H groups in total. The predicted molar refractivity (Wildman–Crippen MR) is 80.7 cm³/mol. The van der Waals surface area contributed by atoms with E-state index in [-0.39, 0.29) is 17.1 Å². The summed E-state index contributed by atoms with van der Waals surface area (Å²) in [4.78, 5) is 26.3. The largest absolute Gasteiger partial charge is 0.388 e. The van der Waals surface area contributed by atoms with Gasteiger partial charge in [0.1, 0.15) is 11.9 Å². The number of carbonyl (C=O) groups excluding carboxylic acids is 2. The van der Waals surface area contributed by atoms with E-state index in [1.54, 1.807) is 0 Å². The zero-order valence-electron chi connectivity index (χ0n) is 12.3. The van der Waals surface area contributed by atoms with Crippen molar-refractivity contribution < 1.29 is 24.2 Å².